The molecule has 0 spiro atoms. The number of carbonyl (C=O) groups is 1. The number of aliphatic carboxylic acids is 1. The van der Waals surface area contributed by atoms with Gasteiger partial charge in [0.2, 0.25) is 0 Å². The SMILES string of the molecule is C1=CCCC=CCC1.O=C([O-])C(F)(F)F.[Cu+]. The van der Waals surface area contributed by atoms with Gasteiger partial charge in [-0.1, -0.05) is 24.3 Å². The van der Waals surface area contributed by atoms with Gasteiger partial charge in [0.15, 0.2) is 0 Å². The van der Waals surface area contributed by atoms with Crippen LogP contribution in [0.2, 0.25) is 0 Å². The molecule has 0 heterocycles. The molecule has 0 aliphatic heterocycles. The molecular weight excluding hydrogens is 273 g/mol. The molecule has 0 unspecified atom stereocenters. The first kappa shape index (κ1) is 17.6. The van der Waals surface area contributed by atoms with Crippen LogP contribution in [0.5, 0.6) is 0 Å². The predicted octanol–water partition coefficient (Wildman–Crippen LogP) is 1.97. The fourth-order valence-corrected chi connectivity index (χ4v) is 0.856. The first-order valence-electron chi connectivity index (χ1n) is 4.52. The summed E-state index contributed by atoms with van der Waals surface area (Å²) in [6.45, 7) is 0. The molecule has 16 heavy (non-hydrogen) atoms. The number of carboxylic acid groups (broad SMARTS) is 1. The number of halogens is 3. The molecule has 0 saturated carbocycles. The van der Waals surface area contributed by atoms with E-state index in [0.29, 0.717) is 0 Å². The monoisotopic (exact) mass is 284 g/mol. The Morgan fingerprint density at radius 1 is 0.938 bits per heavy atom. The normalized spacial score (nSPS) is 14.9. The zero-order valence-electron chi connectivity index (χ0n) is 8.39. The summed E-state index contributed by atoms with van der Waals surface area (Å²) in [7, 11) is 0. The number of carbonyl (C=O) groups excluding carboxylic acids is 1. The Morgan fingerprint density at radius 3 is 1.25 bits per heavy atom. The number of hydrogen-bond acceptors (Lipinski definition) is 2. The largest absolute Gasteiger partial charge is 1.00 e. The van der Waals surface area contributed by atoms with Crippen molar-refractivity contribution >= 4 is 5.97 Å². The summed E-state index contributed by atoms with van der Waals surface area (Å²) >= 11 is 0. The molecule has 0 atom stereocenters. The molecule has 0 amide bonds. The van der Waals surface area contributed by atoms with Crippen molar-refractivity contribution in [2.45, 2.75) is 31.9 Å². The van der Waals surface area contributed by atoms with Gasteiger partial charge in [0.05, 0.1) is 0 Å². The van der Waals surface area contributed by atoms with Crippen molar-refractivity contribution in [3.05, 3.63) is 24.3 Å². The summed E-state index contributed by atoms with van der Waals surface area (Å²) < 4.78 is 31.5. The van der Waals surface area contributed by atoms with E-state index in [-0.39, 0.29) is 17.1 Å². The topological polar surface area (TPSA) is 40.1 Å². The standard InChI is InChI=1S/C8H12.C2HF3O2.Cu/c1-2-4-6-8-7-5-3-1;3-2(4,5)1(6)7;/h1-2,7-8H,3-6H2;(H,6,7);/q;;+1/p-1. The van der Waals surface area contributed by atoms with E-state index in [1.807, 2.05) is 0 Å². The Hall–Kier alpha value is -0.741. The molecule has 0 aromatic heterocycles. The first-order valence-corrected chi connectivity index (χ1v) is 4.52. The van der Waals surface area contributed by atoms with Gasteiger partial charge in [0.25, 0.3) is 0 Å². The molecule has 1 aliphatic carbocycles. The third kappa shape index (κ3) is 11.3. The van der Waals surface area contributed by atoms with Crippen LogP contribution >= 0.6 is 0 Å². The minimum atomic E-state index is -5.19. The van der Waals surface area contributed by atoms with Crippen LogP contribution in [-0.2, 0) is 21.9 Å². The predicted molar refractivity (Wildman–Crippen MR) is 47.8 cm³/mol. The van der Waals surface area contributed by atoms with Crippen LogP contribution in [0, 0.1) is 0 Å². The van der Waals surface area contributed by atoms with Gasteiger partial charge in [-0.25, -0.2) is 0 Å². The van der Waals surface area contributed by atoms with Crippen molar-refractivity contribution in [3.8, 4) is 0 Å². The summed E-state index contributed by atoms with van der Waals surface area (Å²) in [6, 6.07) is 0. The average molecular weight is 285 g/mol. The summed E-state index contributed by atoms with van der Waals surface area (Å²) in [5.74, 6) is -3.01. The molecular formula is C10H12CuF3O2. The van der Waals surface area contributed by atoms with E-state index in [9.17, 15) is 13.2 Å². The van der Waals surface area contributed by atoms with Crippen molar-refractivity contribution in [1.82, 2.24) is 0 Å². The van der Waals surface area contributed by atoms with Crippen molar-refractivity contribution in [2.75, 3.05) is 0 Å². The molecule has 6 heteroatoms. The van der Waals surface area contributed by atoms with Gasteiger partial charge >= 0.3 is 23.2 Å². The molecule has 96 valence electrons. The summed E-state index contributed by atoms with van der Waals surface area (Å²) in [5, 5.41) is 8.78. The molecule has 0 aromatic rings. The van der Waals surface area contributed by atoms with E-state index >= 15 is 0 Å². The van der Waals surface area contributed by atoms with Gasteiger partial charge < -0.3 is 9.90 Å². The Kier molecular flexibility index (Phi) is 10.5. The van der Waals surface area contributed by atoms with Crippen molar-refractivity contribution < 1.29 is 40.1 Å². The molecule has 0 fully saturated rings. The number of allylic oxidation sites excluding steroid dienone is 4. The fourth-order valence-electron chi connectivity index (χ4n) is 0.856. The molecule has 1 rings (SSSR count). The number of hydrogen-bond donors (Lipinski definition) is 0. The van der Waals surface area contributed by atoms with Crippen LogP contribution in [0.3, 0.4) is 0 Å². The van der Waals surface area contributed by atoms with Gasteiger partial charge in [-0.3, -0.25) is 0 Å². The van der Waals surface area contributed by atoms with E-state index in [2.05, 4.69) is 24.3 Å². The second-order valence-corrected chi connectivity index (χ2v) is 2.88. The smallest absolute Gasteiger partial charge is 0.542 e. The van der Waals surface area contributed by atoms with Crippen molar-refractivity contribution in [1.29, 1.82) is 0 Å². The molecule has 1 aliphatic rings. The molecule has 0 bridgehead atoms. The second kappa shape index (κ2) is 9.48. The fraction of sp³-hybridized carbons (Fsp3) is 0.500. The Bertz CT molecular complexity index is 221. The van der Waals surface area contributed by atoms with Gasteiger partial charge in [-0.2, -0.15) is 13.2 Å². The third-order valence-electron chi connectivity index (χ3n) is 1.56. The molecule has 0 radical (unpaired) electrons. The zero-order valence-corrected chi connectivity index (χ0v) is 9.33. The summed E-state index contributed by atoms with van der Waals surface area (Å²) in [4.78, 5) is 8.78. The van der Waals surface area contributed by atoms with Gasteiger partial charge in [0.1, 0.15) is 5.97 Å². The quantitative estimate of drug-likeness (QED) is 0.504. The Labute approximate surface area is 103 Å². The van der Waals surface area contributed by atoms with E-state index in [4.69, 9.17) is 9.90 Å². The van der Waals surface area contributed by atoms with E-state index in [1.54, 1.807) is 0 Å². The maximum Gasteiger partial charge on any atom is 1.00 e. The summed E-state index contributed by atoms with van der Waals surface area (Å²) in [5.41, 5.74) is 0. The maximum absolute atomic E-state index is 10.5. The van der Waals surface area contributed by atoms with Gasteiger partial charge in [-0.15, -0.1) is 0 Å². The van der Waals surface area contributed by atoms with Crippen LogP contribution in [0.15, 0.2) is 24.3 Å². The number of alkyl halides is 3. The Balaban J connectivity index is 0. The van der Waals surface area contributed by atoms with Crippen molar-refractivity contribution in [3.63, 3.8) is 0 Å². The molecule has 0 N–H and O–H groups in total. The Morgan fingerprint density at radius 2 is 1.12 bits per heavy atom. The molecule has 0 saturated heterocycles. The third-order valence-corrected chi connectivity index (χ3v) is 1.56. The van der Waals surface area contributed by atoms with Crippen LogP contribution in [0.25, 0.3) is 0 Å². The van der Waals surface area contributed by atoms with Crippen molar-refractivity contribution in [2.24, 2.45) is 0 Å². The van der Waals surface area contributed by atoms with Crippen LogP contribution in [0.1, 0.15) is 25.7 Å². The number of rotatable bonds is 0. The minimum Gasteiger partial charge on any atom is -0.542 e. The number of carboxylic acids is 1. The van der Waals surface area contributed by atoms with E-state index in [0.717, 1.165) is 0 Å². The average Bonchev–Trinajstić information content (AvgIpc) is 2.01. The van der Waals surface area contributed by atoms with E-state index in [1.165, 1.54) is 25.7 Å². The van der Waals surface area contributed by atoms with Gasteiger partial charge in [0, 0.05) is 0 Å². The molecule has 0 aromatic carbocycles. The van der Waals surface area contributed by atoms with Crippen LogP contribution < -0.4 is 5.11 Å². The second-order valence-electron chi connectivity index (χ2n) is 2.88. The zero-order chi connectivity index (χ0) is 11.7. The van der Waals surface area contributed by atoms with Crippen LogP contribution in [0.4, 0.5) is 13.2 Å². The summed E-state index contributed by atoms with van der Waals surface area (Å²) in [6.07, 6.45) is 8.81. The maximum atomic E-state index is 10.5. The minimum absolute atomic E-state index is 0. The van der Waals surface area contributed by atoms with E-state index < -0.39 is 12.1 Å². The first-order chi connectivity index (χ1) is 6.94. The molecule has 2 nitrogen and oxygen atoms in total. The van der Waals surface area contributed by atoms with Crippen LogP contribution in [-0.4, -0.2) is 12.1 Å². The van der Waals surface area contributed by atoms with Gasteiger partial charge in [-0.05, 0) is 25.7 Å².